The third-order valence-electron chi connectivity index (χ3n) is 3.96. The number of nitrogens with zero attached hydrogens (tertiary/aromatic N) is 3. The molecule has 2 heterocycles. The number of amides is 2. The molecule has 1 aliphatic heterocycles. The van der Waals surface area contributed by atoms with E-state index in [-0.39, 0.29) is 24.1 Å². The van der Waals surface area contributed by atoms with Gasteiger partial charge in [0.05, 0.1) is 27.9 Å². The molecule has 1 aromatic heterocycles. The van der Waals surface area contributed by atoms with Gasteiger partial charge in [0.25, 0.3) is 11.8 Å². The van der Waals surface area contributed by atoms with E-state index in [1.54, 1.807) is 38.1 Å². The van der Waals surface area contributed by atoms with Crippen LogP contribution in [0.5, 0.6) is 0 Å². The van der Waals surface area contributed by atoms with Gasteiger partial charge in [0.1, 0.15) is 12.7 Å². The number of hydrogen-bond acceptors (Lipinski definition) is 4. The Bertz CT molecular complexity index is 847. The maximum atomic E-state index is 12.4. The summed E-state index contributed by atoms with van der Waals surface area (Å²) in [5.41, 5.74) is 1.63. The third-order valence-corrected chi connectivity index (χ3v) is 4.34. The number of fused-ring (bicyclic) bond motifs is 1. The van der Waals surface area contributed by atoms with Gasteiger partial charge in [-0.1, -0.05) is 23.7 Å². The van der Waals surface area contributed by atoms with Crippen molar-refractivity contribution in [1.82, 2.24) is 9.63 Å². The van der Waals surface area contributed by atoms with Gasteiger partial charge in [0, 0.05) is 0 Å². The van der Waals surface area contributed by atoms with E-state index in [1.807, 2.05) is 6.07 Å². The van der Waals surface area contributed by atoms with Gasteiger partial charge in [0.2, 0.25) is 0 Å². The minimum Gasteiger partial charge on any atom is -0.411 e. The summed E-state index contributed by atoms with van der Waals surface area (Å²) in [6, 6.07) is 9.70. The molecule has 7 heteroatoms. The molecule has 0 aliphatic carbocycles. The topological polar surface area (TPSA) is 75.3 Å². The Morgan fingerprint density at radius 2 is 1.83 bits per heavy atom. The van der Waals surface area contributed by atoms with Crippen LogP contribution in [-0.4, -0.2) is 34.1 Å². The summed E-state index contributed by atoms with van der Waals surface area (Å²) in [6.45, 7) is 3.48. The van der Waals surface area contributed by atoms with Crippen molar-refractivity contribution in [2.24, 2.45) is 0 Å². The number of rotatable bonds is 4. The average molecular weight is 344 g/mol. The molecule has 0 spiro atoms. The molecule has 0 bridgehead atoms. The van der Waals surface area contributed by atoms with Gasteiger partial charge in [0.15, 0.2) is 5.69 Å². The Hall–Kier alpha value is -2.78. The first kappa shape index (κ1) is 16.1. The van der Waals surface area contributed by atoms with E-state index in [0.29, 0.717) is 21.8 Å². The van der Waals surface area contributed by atoms with Gasteiger partial charge >= 0.3 is 0 Å². The minimum atomic E-state index is -0.496. The van der Waals surface area contributed by atoms with Crippen molar-refractivity contribution >= 4 is 23.4 Å². The quantitative estimate of drug-likeness (QED) is 0.799. The fourth-order valence-corrected chi connectivity index (χ4v) is 2.85. The molecule has 1 aliphatic rings. The van der Waals surface area contributed by atoms with Crippen LogP contribution < -0.4 is 4.84 Å². The van der Waals surface area contributed by atoms with Crippen molar-refractivity contribution < 1.29 is 14.4 Å². The molecule has 0 radical (unpaired) electrons. The second kappa shape index (κ2) is 6.02. The lowest BCUT2D eigenvalue weighted by Crippen LogP contribution is -2.42. The average Bonchev–Trinajstić information content (AvgIpc) is 3.00. The lowest BCUT2D eigenvalue weighted by Gasteiger charge is -2.23. The fourth-order valence-electron chi connectivity index (χ4n) is 2.67. The molecule has 2 aromatic rings. The molecule has 1 aromatic carbocycles. The van der Waals surface area contributed by atoms with Crippen molar-refractivity contribution in [3.05, 3.63) is 57.9 Å². The van der Waals surface area contributed by atoms with Gasteiger partial charge in [-0.05, 0) is 32.0 Å². The fraction of sp³-hybridized carbons (Fsp3) is 0.235. The smallest absolute Gasteiger partial charge is 0.261 e. The van der Waals surface area contributed by atoms with Crippen LogP contribution in [0.1, 0.15) is 39.0 Å². The molecule has 6 nitrogen and oxygen atoms in total. The first-order valence-electron chi connectivity index (χ1n) is 7.34. The van der Waals surface area contributed by atoms with Crippen molar-refractivity contribution in [2.75, 3.05) is 6.61 Å². The molecule has 2 amide bonds. The molecule has 122 valence electrons. The Morgan fingerprint density at radius 3 is 2.38 bits per heavy atom. The zero-order valence-corrected chi connectivity index (χ0v) is 13.9. The van der Waals surface area contributed by atoms with Crippen LogP contribution in [0.2, 0.25) is 5.02 Å². The van der Waals surface area contributed by atoms with Crippen molar-refractivity contribution in [2.45, 2.75) is 19.9 Å². The van der Waals surface area contributed by atoms with Gasteiger partial charge in [-0.3, -0.25) is 14.5 Å². The molecule has 0 N–H and O–H groups in total. The van der Waals surface area contributed by atoms with Crippen LogP contribution in [0.15, 0.2) is 30.3 Å². The van der Waals surface area contributed by atoms with Gasteiger partial charge in [-0.25, -0.2) is 0 Å². The Labute approximate surface area is 143 Å². The van der Waals surface area contributed by atoms with E-state index in [9.17, 15) is 9.59 Å². The SMILES string of the molecule is Cc1c(Cl)cc(C#N)n1OCC(C)N1C(=O)c2ccccc2C1=O. The number of carbonyl (C=O) groups excluding carboxylic acids is 2. The Kier molecular flexibility index (Phi) is 4.04. The zero-order valence-electron chi connectivity index (χ0n) is 13.1. The molecule has 3 rings (SSSR count). The number of aromatic nitrogens is 1. The minimum absolute atomic E-state index is 0.0476. The van der Waals surface area contributed by atoms with E-state index in [1.165, 1.54) is 15.7 Å². The van der Waals surface area contributed by atoms with E-state index < -0.39 is 6.04 Å². The number of nitriles is 1. The molecule has 1 unspecified atom stereocenters. The van der Waals surface area contributed by atoms with Gasteiger partial charge in [-0.15, -0.1) is 0 Å². The summed E-state index contributed by atoms with van der Waals surface area (Å²) < 4.78 is 1.32. The van der Waals surface area contributed by atoms with E-state index >= 15 is 0 Å². The monoisotopic (exact) mass is 343 g/mol. The standard InChI is InChI=1S/C17H14ClN3O3/c1-10(9-24-21-11(2)15(18)7-12(21)8-19)20-16(22)13-5-3-4-6-14(13)17(20)23/h3-7,10H,9H2,1-2H3. The maximum Gasteiger partial charge on any atom is 0.261 e. The first-order valence-corrected chi connectivity index (χ1v) is 7.71. The predicted molar refractivity (Wildman–Crippen MR) is 86.7 cm³/mol. The number of benzene rings is 1. The Balaban J connectivity index is 1.78. The second-order valence-electron chi connectivity index (χ2n) is 5.54. The van der Waals surface area contributed by atoms with Crippen molar-refractivity contribution in [3.8, 4) is 6.07 Å². The number of imide groups is 1. The lowest BCUT2D eigenvalue weighted by molar-refractivity contribution is 0.0374. The summed E-state index contributed by atoms with van der Waals surface area (Å²) >= 11 is 5.99. The summed E-state index contributed by atoms with van der Waals surface area (Å²) in [6.07, 6.45) is 0. The zero-order chi connectivity index (χ0) is 17.4. The van der Waals surface area contributed by atoms with Crippen LogP contribution in [-0.2, 0) is 0 Å². The summed E-state index contributed by atoms with van der Waals surface area (Å²) in [7, 11) is 0. The Morgan fingerprint density at radius 1 is 1.25 bits per heavy atom. The molecule has 1 atom stereocenters. The molecule has 24 heavy (non-hydrogen) atoms. The van der Waals surface area contributed by atoms with E-state index in [2.05, 4.69) is 0 Å². The summed E-state index contributed by atoms with van der Waals surface area (Å²) in [4.78, 5) is 31.6. The molecular formula is C17H14ClN3O3. The van der Waals surface area contributed by atoms with Crippen LogP contribution in [0.4, 0.5) is 0 Å². The van der Waals surface area contributed by atoms with Crippen LogP contribution in [0, 0.1) is 18.3 Å². The highest BCUT2D eigenvalue weighted by atomic mass is 35.5. The number of carbonyl (C=O) groups is 2. The number of halogens is 1. The third kappa shape index (κ3) is 2.43. The van der Waals surface area contributed by atoms with Gasteiger partial charge < -0.3 is 4.84 Å². The second-order valence-corrected chi connectivity index (χ2v) is 5.95. The molecule has 0 saturated heterocycles. The van der Waals surface area contributed by atoms with Crippen molar-refractivity contribution in [1.29, 1.82) is 5.26 Å². The van der Waals surface area contributed by atoms with Crippen LogP contribution >= 0.6 is 11.6 Å². The highest BCUT2D eigenvalue weighted by Crippen LogP contribution is 2.24. The first-order chi connectivity index (χ1) is 11.5. The largest absolute Gasteiger partial charge is 0.411 e. The normalized spacial score (nSPS) is 14.5. The summed E-state index contributed by atoms with van der Waals surface area (Å²) in [5.74, 6) is -0.677. The van der Waals surface area contributed by atoms with Crippen LogP contribution in [0.3, 0.4) is 0 Å². The maximum absolute atomic E-state index is 12.4. The summed E-state index contributed by atoms with van der Waals surface area (Å²) in [5, 5.41) is 9.52. The predicted octanol–water partition coefficient (Wildman–Crippen LogP) is 2.43. The molecular weight excluding hydrogens is 330 g/mol. The lowest BCUT2D eigenvalue weighted by atomic mass is 10.1. The van der Waals surface area contributed by atoms with Crippen LogP contribution in [0.25, 0.3) is 0 Å². The van der Waals surface area contributed by atoms with Gasteiger partial charge in [-0.2, -0.15) is 9.99 Å². The highest BCUT2D eigenvalue weighted by Gasteiger charge is 2.38. The van der Waals surface area contributed by atoms with Crippen molar-refractivity contribution in [3.63, 3.8) is 0 Å². The highest BCUT2D eigenvalue weighted by molar-refractivity contribution is 6.31. The van der Waals surface area contributed by atoms with E-state index in [0.717, 1.165) is 0 Å². The van der Waals surface area contributed by atoms with E-state index in [4.69, 9.17) is 21.7 Å². The number of hydrogen-bond donors (Lipinski definition) is 0. The molecule has 0 fully saturated rings. The molecule has 0 saturated carbocycles.